The van der Waals surface area contributed by atoms with E-state index in [0.717, 1.165) is 62.3 Å². The standard InChI is InChI=1S/C34H56N2O3/c1-8-33-17-21(2)19-36(20-30(38)35(6)7)31(33)23(4)34(39-33)14-12-26-27-10-9-24-15-25(37)11-13-32(24,5)29(27)16-28(26)22(3)18-34/h21-24,26-29,31H,8-20H2,1-7H3/t21-,22?,23+,24+,26-,27?,28?,29-,31-,32-,33?,34-/m0/s1. The number of ketones is 1. The van der Waals surface area contributed by atoms with Crippen LogP contribution in [0.1, 0.15) is 105 Å². The first-order chi connectivity index (χ1) is 18.4. The van der Waals surface area contributed by atoms with Gasteiger partial charge in [0.2, 0.25) is 5.91 Å². The number of hydrogen-bond donors (Lipinski definition) is 0. The van der Waals surface area contributed by atoms with Crippen LogP contribution in [0.15, 0.2) is 0 Å². The number of fused-ring (bicyclic) bond motifs is 6. The van der Waals surface area contributed by atoms with Gasteiger partial charge in [-0.1, -0.05) is 34.6 Å². The van der Waals surface area contributed by atoms with Crippen LogP contribution >= 0.6 is 0 Å². The SMILES string of the molecule is CCC12C[C@H](C)CN(CC(=O)N(C)C)[C@H]1[C@@H](C)[C@@]1(CC[C@@H]3C(C[C@H]4C3CC[C@@H]3CC(=O)CC[C@@]34C)C(C)C1)O2. The van der Waals surface area contributed by atoms with E-state index < -0.39 is 0 Å². The molecule has 1 spiro atoms. The minimum Gasteiger partial charge on any atom is -0.367 e. The van der Waals surface area contributed by atoms with Gasteiger partial charge in [0.05, 0.1) is 17.7 Å². The Morgan fingerprint density at radius 3 is 2.54 bits per heavy atom. The van der Waals surface area contributed by atoms with Crippen LogP contribution in [0.2, 0.25) is 0 Å². The van der Waals surface area contributed by atoms with E-state index >= 15 is 0 Å². The Bertz CT molecular complexity index is 981. The summed E-state index contributed by atoms with van der Waals surface area (Å²) in [5.74, 6) is 6.29. The van der Waals surface area contributed by atoms with Crippen molar-refractivity contribution in [1.29, 1.82) is 0 Å². The predicted octanol–water partition coefficient (Wildman–Crippen LogP) is 6.20. The maximum Gasteiger partial charge on any atom is 0.236 e. The maximum absolute atomic E-state index is 12.9. The predicted molar refractivity (Wildman–Crippen MR) is 155 cm³/mol. The third-order valence-electron chi connectivity index (χ3n) is 13.8. The van der Waals surface area contributed by atoms with Gasteiger partial charge in [0, 0.05) is 45.4 Å². The van der Waals surface area contributed by atoms with E-state index in [0.29, 0.717) is 47.5 Å². The smallest absolute Gasteiger partial charge is 0.236 e. The Morgan fingerprint density at radius 1 is 1.05 bits per heavy atom. The Labute approximate surface area is 238 Å². The summed E-state index contributed by atoms with van der Waals surface area (Å²) in [4.78, 5) is 29.5. The number of likely N-dealkylation sites (N-methyl/N-ethyl adjacent to an activating group) is 1. The summed E-state index contributed by atoms with van der Waals surface area (Å²) in [6, 6.07) is 0.328. The normalized spacial score (nSPS) is 51.6. The average Bonchev–Trinajstić information content (AvgIpc) is 3.32. The highest BCUT2D eigenvalue weighted by atomic mass is 16.5. The molecule has 0 aromatic carbocycles. The Kier molecular flexibility index (Phi) is 7.10. The zero-order chi connectivity index (χ0) is 27.9. The first kappa shape index (κ1) is 28.2. The monoisotopic (exact) mass is 540 g/mol. The van der Waals surface area contributed by atoms with E-state index in [4.69, 9.17) is 4.74 Å². The Balaban J connectivity index is 1.26. The minimum absolute atomic E-state index is 0.0677. The van der Waals surface area contributed by atoms with E-state index in [1.54, 1.807) is 4.90 Å². The molecular formula is C34H56N2O3. The number of nitrogens with zero attached hydrogens (tertiary/aromatic N) is 2. The van der Waals surface area contributed by atoms with Crippen LogP contribution in [-0.4, -0.2) is 65.9 Å². The van der Waals surface area contributed by atoms with E-state index in [1.165, 1.54) is 38.5 Å². The zero-order valence-corrected chi connectivity index (χ0v) is 26.0. The van der Waals surface area contributed by atoms with E-state index in [1.807, 2.05) is 14.1 Å². The van der Waals surface area contributed by atoms with Gasteiger partial charge in [-0.15, -0.1) is 0 Å². The molecule has 12 atom stereocenters. The number of likely N-dealkylation sites (tertiary alicyclic amines) is 1. The second-order valence-electron chi connectivity index (χ2n) is 15.9. The van der Waals surface area contributed by atoms with Gasteiger partial charge in [-0.2, -0.15) is 0 Å². The summed E-state index contributed by atoms with van der Waals surface area (Å²) in [7, 11) is 3.77. The highest BCUT2D eigenvalue weighted by Crippen LogP contribution is 2.67. The largest absolute Gasteiger partial charge is 0.367 e. The molecule has 5 heteroatoms. The number of ether oxygens (including phenoxy) is 1. The van der Waals surface area contributed by atoms with Crippen LogP contribution in [0, 0.1) is 52.8 Å². The lowest BCUT2D eigenvalue weighted by Crippen LogP contribution is -2.60. The molecule has 2 heterocycles. The number of Topliss-reactive ketones (excluding diaryl/α,β-unsaturated/α-hetero) is 1. The van der Waals surface area contributed by atoms with Crippen molar-refractivity contribution >= 4 is 11.7 Å². The van der Waals surface area contributed by atoms with Gasteiger partial charge in [-0.3, -0.25) is 14.5 Å². The molecular weight excluding hydrogens is 484 g/mol. The minimum atomic E-state index is -0.133. The molecule has 39 heavy (non-hydrogen) atoms. The summed E-state index contributed by atoms with van der Waals surface area (Å²) in [5.41, 5.74) is 0.182. The van der Waals surface area contributed by atoms with Crippen LogP contribution in [0.4, 0.5) is 0 Å². The van der Waals surface area contributed by atoms with Crippen molar-refractivity contribution in [3.63, 3.8) is 0 Å². The first-order valence-electron chi connectivity index (χ1n) is 16.6. The van der Waals surface area contributed by atoms with Gasteiger partial charge in [0.15, 0.2) is 0 Å². The lowest BCUT2D eigenvalue weighted by Gasteiger charge is -2.52. The summed E-state index contributed by atoms with van der Waals surface area (Å²) in [6.45, 7) is 13.8. The molecule has 0 bridgehead atoms. The maximum atomic E-state index is 12.9. The second-order valence-corrected chi connectivity index (χ2v) is 15.9. The number of carbonyl (C=O) groups excluding carboxylic acids is 2. The first-order valence-corrected chi connectivity index (χ1v) is 16.6. The quantitative estimate of drug-likeness (QED) is 0.428. The van der Waals surface area contributed by atoms with Gasteiger partial charge < -0.3 is 9.64 Å². The highest BCUT2D eigenvalue weighted by molar-refractivity contribution is 5.79. The van der Waals surface area contributed by atoms with Gasteiger partial charge in [0.25, 0.3) is 0 Å². The van der Waals surface area contributed by atoms with Crippen molar-refractivity contribution in [2.75, 3.05) is 27.2 Å². The van der Waals surface area contributed by atoms with Gasteiger partial charge in [0.1, 0.15) is 5.78 Å². The summed E-state index contributed by atoms with van der Waals surface area (Å²) >= 11 is 0. The average molecular weight is 541 g/mol. The molecule has 0 aromatic rings. The molecule has 0 N–H and O–H groups in total. The molecule has 6 fully saturated rings. The summed E-state index contributed by atoms with van der Waals surface area (Å²) < 4.78 is 7.55. The third-order valence-corrected chi connectivity index (χ3v) is 13.8. The van der Waals surface area contributed by atoms with Crippen LogP contribution in [0.3, 0.4) is 0 Å². The molecule has 4 aliphatic carbocycles. The van der Waals surface area contributed by atoms with Crippen molar-refractivity contribution in [2.24, 2.45) is 52.8 Å². The lowest BCUT2D eigenvalue weighted by molar-refractivity contribution is -0.157. The number of hydrogen-bond acceptors (Lipinski definition) is 4. The molecule has 2 aliphatic heterocycles. The fraction of sp³-hybridized carbons (Fsp3) is 0.941. The lowest BCUT2D eigenvalue weighted by atomic mass is 9.52. The molecule has 0 aromatic heterocycles. The Hall–Kier alpha value is -0.940. The molecule has 4 saturated carbocycles. The molecule has 220 valence electrons. The van der Waals surface area contributed by atoms with Gasteiger partial charge in [-0.25, -0.2) is 0 Å². The van der Waals surface area contributed by atoms with Crippen LogP contribution < -0.4 is 0 Å². The fourth-order valence-corrected chi connectivity index (χ4v) is 12.0. The van der Waals surface area contributed by atoms with Gasteiger partial charge in [-0.05, 0) is 105 Å². The molecule has 1 amide bonds. The van der Waals surface area contributed by atoms with Gasteiger partial charge >= 0.3 is 0 Å². The number of rotatable bonds is 3. The number of amides is 1. The van der Waals surface area contributed by atoms with Crippen LogP contribution in [0.25, 0.3) is 0 Å². The molecule has 6 aliphatic rings. The highest BCUT2D eigenvalue weighted by Gasteiger charge is 2.66. The van der Waals surface area contributed by atoms with Crippen LogP contribution in [0.5, 0.6) is 0 Å². The molecule has 6 rings (SSSR count). The number of piperidine rings is 1. The van der Waals surface area contributed by atoms with E-state index in [-0.39, 0.29) is 17.1 Å². The molecule has 4 unspecified atom stereocenters. The van der Waals surface area contributed by atoms with Crippen molar-refractivity contribution in [3.05, 3.63) is 0 Å². The fourth-order valence-electron chi connectivity index (χ4n) is 12.0. The van der Waals surface area contributed by atoms with E-state index in [2.05, 4.69) is 39.5 Å². The summed E-state index contributed by atoms with van der Waals surface area (Å²) in [5, 5.41) is 0. The third kappa shape index (κ3) is 4.29. The van der Waals surface area contributed by atoms with Crippen molar-refractivity contribution in [2.45, 2.75) is 122 Å². The molecule has 0 radical (unpaired) electrons. The van der Waals surface area contributed by atoms with Crippen molar-refractivity contribution < 1.29 is 14.3 Å². The second kappa shape index (κ2) is 9.82. The zero-order valence-electron chi connectivity index (χ0n) is 26.0. The Morgan fingerprint density at radius 2 is 1.82 bits per heavy atom. The number of carbonyl (C=O) groups is 2. The summed E-state index contributed by atoms with van der Waals surface area (Å²) in [6.07, 6.45) is 12.6. The topological polar surface area (TPSA) is 49.9 Å². The van der Waals surface area contributed by atoms with Crippen molar-refractivity contribution in [1.82, 2.24) is 9.80 Å². The van der Waals surface area contributed by atoms with Crippen molar-refractivity contribution in [3.8, 4) is 0 Å². The molecule has 5 nitrogen and oxygen atoms in total. The molecule has 2 saturated heterocycles. The van der Waals surface area contributed by atoms with E-state index in [9.17, 15) is 9.59 Å². The van der Waals surface area contributed by atoms with Crippen LogP contribution in [-0.2, 0) is 14.3 Å².